The minimum atomic E-state index is -1.09. The maximum atomic E-state index is 12.3. The number of methoxy groups -OCH3 is 2. The van der Waals surface area contributed by atoms with E-state index >= 15 is 0 Å². The van der Waals surface area contributed by atoms with Crippen molar-refractivity contribution < 1.29 is 33.4 Å². The predicted octanol–water partition coefficient (Wildman–Crippen LogP) is 2.08. The molecule has 0 radical (unpaired) electrons. The van der Waals surface area contributed by atoms with Crippen molar-refractivity contribution in [1.82, 2.24) is 5.27 Å². The highest BCUT2D eigenvalue weighted by atomic mass is 32.2. The molecule has 0 saturated heterocycles. The molecule has 0 aliphatic carbocycles. The van der Waals surface area contributed by atoms with Crippen LogP contribution in [-0.2, 0) is 4.79 Å². The van der Waals surface area contributed by atoms with Crippen molar-refractivity contribution in [3.8, 4) is 17.2 Å². The number of thioether (sulfide) groups is 1. The quantitative estimate of drug-likeness (QED) is 0.336. The van der Waals surface area contributed by atoms with E-state index in [0.717, 1.165) is 11.8 Å². The number of benzene rings is 2. The predicted molar refractivity (Wildman–Crippen MR) is 111 cm³/mol. The van der Waals surface area contributed by atoms with Crippen LogP contribution in [0.15, 0.2) is 56.8 Å². The number of nitrogens with zero attached hydrogens (tertiary/aromatic N) is 1. The van der Waals surface area contributed by atoms with E-state index in [1.54, 1.807) is 31.4 Å². The molecular formula is C20H20N3O7S+. The second-order valence-corrected chi connectivity index (χ2v) is 7.27. The first kappa shape index (κ1) is 22.0. The van der Waals surface area contributed by atoms with Crippen LogP contribution < -0.4 is 25.1 Å². The first-order chi connectivity index (χ1) is 14.9. The summed E-state index contributed by atoms with van der Waals surface area (Å²) in [5, 5.41) is 14.6. The van der Waals surface area contributed by atoms with Gasteiger partial charge in [-0.05, 0) is 52.0 Å². The summed E-state index contributed by atoms with van der Waals surface area (Å²) in [5.41, 5.74) is 0.527. The van der Waals surface area contributed by atoms with Crippen molar-refractivity contribution >= 4 is 29.3 Å². The molecule has 3 rings (SSSR count). The van der Waals surface area contributed by atoms with Crippen LogP contribution in [0.3, 0.4) is 0 Å². The van der Waals surface area contributed by atoms with Gasteiger partial charge in [0.25, 0.3) is 0 Å². The number of amides is 1. The molecule has 0 fully saturated rings. The van der Waals surface area contributed by atoms with Crippen LogP contribution in [-0.4, -0.2) is 42.2 Å². The van der Waals surface area contributed by atoms with Gasteiger partial charge in [-0.1, -0.05) is 0 Å². The Balaban J connectivity index is 1.63. The van der Waals surface area contributed by atoms with Gasteiger partial charge in [-0.25, -0.2) is 9.59 Å². The fraction of sp³-hybridized carbons (Fsp3) is 0.200. The molecule has 0 unspecified atom stereocenters. The number of aromatic amines is 1. The minimum absolute atomic E-state index is 0.0488. The lowest BCUT2D eigenvalue weighted by atomic mass is 10.2. The number of aromatic nitrogens is 2. The Morgan fingerprint density at radius 2 is 1.90 bits per heavy atom. The molecule has 3 aromatic rings. The van der Waals surface area contributed by atoms with E-state index in [-0.39, 0.29) is 23.6 Å². The van der Waals surface area contributed by atoms with E-state index in [2.05, 4.69) is 10.6 Å². The van der Waals surface area contributed by atoms with Gasteiger partial charge in [0.05, 0.1) is 25.5 Å². The molecule has 162 valence electrons. The highest BCUT2D eigenvalue weighted by molar-refractivity contribution is 7.99. The van der Waals surface area contributed by atoms with Crippen molar-refractivity contribution in [2.24, 2.45) is 0 Å². The van der Waals surface area contributed by atoms with E-state index in [0.29, 0.717) is 27.9 Å². The van der Waals surface area contributed by atoms with Gasteiger partial charge in [0.2, 0.25) is 11.6 Å². The molecule has 3 N–H and O–H groups in total. The molecule has 0 saturated carbocycles. The highest BCUT2D eigenvalue weighted by Crippen LogP contribution is 2.26. The molecule has 1 amide bonds. The largest absolute Gasteiger partial charge is 0.497 e. The van der Waals surface area contributed by atoms with E-state index in [9.17, 15) is 14.4 Å². The highest BCUT2D eigenvalue weighted by Gasteiger charge is 2.24. The Hall–Kier alpha value is -3.73. The standard InChI is InChI=1S/C20H19N3O7S/c1-28-14-6-4-13(5-7-14)23-18(20(27)30-22-23)31-10-9-17(24)21-15-8-3-12(19(25)26)11-16(15)29-2/h3-8,11H,9-10H2,1-2H3,(H2-,21,22,24,25,26,27)/p+1. The average Bonchev–Trinajstić information content (AvgIpc) is 3.14. The van der Waals surface area contributed by atoms with Gasteiger partial charge in [0, 0.05) is 24.3 Å². The molecule has 1 heterocycles. The Bertz CT molecular complexity index is 1140. The summed E-state index contributed by atoms with van der Waals surface area (Å²) in [4.78, 5) is 35.4. The summed E-state index contributed by atoms with van der Waals surface area (Å²) in [5.74, 6) is -0.189. The number of carbonyl (C=O) groups excluding carboxylic acids is 1. The monoisotopic (exact) mass is 446 g/mol. The van der Waals surface area contributed by atoms with Gasteiger partial charge in [-0.15, -0.1) is 0 Å². The number of carboxylic acids is 1. The number of aromatic carboxylic acids is 1. The van der Waals surface area contributed by atoms with Crippen molar-refractivity contribution in [3.63, 3.8) is 0 Å². The second kappa shape index (κ2) is 9.85. The molecule has 11 heteroatoms. The van der Waals surface area contributed by atoms with Crippen molar-refractivity contribution in [1.29, 1.82) is 0 Å². The van der Waals surface area contributed by atoms with Crippen LogP contribution >= 0.6 is 11.8 Å². The molecule has 2 aromatic carbocycles. The zero-order chi connectivity index (χ0) is 22.4. The summed E-state index contributed by atoms with van der Waals surface area (Å²) in [7, 11) is 2.94. The Morgan fingerprint density at radius 3 is 2.55 bits per heavy atom. The summed E-state index contributed by atoms with van der Waals surface area (Å²) < 4.78 is 16.6. The third-order valence-electron chi connectivity index (χ3n) is 4.23. The lowest BCUT2D eigenvalue weighted by Gasteiger charge is -2.10. The minimum Gasteiger partial charge on any atom is -0.497 e. The van der Waals surface area contributed by atoms with Crippen LogP contribution in [0.1, 0.15) is 16.8 Å². The third kappa shape index (κ3) is 5.25. The number of carbonyl (C=O) groups is 2. The van der Waals surface area contributed by atoms with Gasteiger partial charge in [0.1, 0.15) is 11.5 Å². The van der Waals surface area contributed by atoms with E-state index in [1.165, 1.54) is 30.0 Å². The van der Waals surface area contributed by atoms with Crippen molar-refractivity contribution in [2.45, 2.75) is 11.4 Å². The molecule has 1 aromatic heterocycles. The summed E-state index contributed by atoms with van der Waals surface area (Å²) in [6.45, 7) is 0. The molecule has 31 heavy (non-hydrogen) atoms. The third-order valence-corrected chi connectivity index (χ3v) is 5.26. The number of ether oxygens (including phenoxy) is 2. The number of H-pyrrole nitrogens is 1. The second-order valence-electron chi connectivity index (χ2n) is 6.19. The van der Waals surface area contributed by atoms with Gasteiger partial charge in [0.15, 0.2) is 0 Å². The smallest absolute Gasteiger partial charge is 0.442 e. The van der Waals surface area contributed by atoms with E-state index in [4.69, 9.17) is 19.1 Å². The Morgan fingerprint density at radius 1 is 1.16 bits per heavy atom. The zero-order valence-corrected chi connectivity index (χ0v) is 17.5. The molecule has 0 aliphatic rings. The summed E-state index contributed by atoms with van der Waals surface area (Å²) in [6, 6.07) is 11.2. The normalized spacial score (nSPS) is 10.5. The first-order valence-corrected chi connectivity index (χ1v) is 10.0. The van der Waals surface area contributed by atoms with Gasteiger partial charge < -0.3 is 19.9 Å². The van der Waals surface area contributed by atoms with Gasteiger partial charge in [-0.2, -0.15) is 0 Å². The van der Waals surface area contributed by atoms with Crippen molar-refractivity contribution in [3.05, 3.63) is 58.4 Å². The van der Waals surface area contributed by atoms with Crippen LogP contribution in [0.2, 0.25) is 0 Å². The fourth-order valence-corrected chi connectivity index (χ4v) is 3.58. The maximum Gasteiger partial charge on any atom is 0.442 e. The maximum absolute atomic E-state index is 12.3. The molecular weight excluding hydrogens is 426 g/mol. The van der Waals surface area contributed by atoms with Gasteiger partial charge >= 0.3 is 16.6 Å². The topological polar surface area (TPSA) is 135 Å². The Kier molecular flexibility index (Phi) is 6.98. The average molecular weight is 446 g/mol. The summed E-state index contributed by atoms with van der Waals surface area (Å²) >= 11 is 1.16. The molecule has 0 atom stereocenters. The lowest BCUT2D eigenvalue weighted by molar-refractivity contribution is -0.704. The molecule has 0 spiro atoms. The molecule has 10 nitrogen and oxygen atoms in total. The first-order valence-electron chi connectivity index (χ1n) is 9.05. The zero-order valence-electron chi connectivity index (χ0n) is 16.7. The number of nitrogens with one attached hydrogen (secondary N) is 2. The lowest BCUT2D eigenvalue weighted by Crippen LogP contribution is -2.36. The number of anilines is 1. The Labute approximate surface area is 180 Å². The SMILES string of the molecule is COc1ccc(-[n+]2[nH]oc(=O)c2SCCC(=O)Nc2ccc(C(=O)O)cc2OC)cc1. The van der Waals surface area contributed by atoms with E-state index in [1.807, 2.05) is 0 Å². The number of hydrogen-bond donors (Lipinski definition) is 3. The molecule has 0 aliphatic heterocycles. The number of carboxylic acid groups (broad SMARTS) is 1. The van der Waals surface area contributed by atoms with Crippen molar-refractivity contribution in [2.75, 3.05) is 25.3 Å². The molecule has 0 bridgehead atoms. The number of hydrogen-bond acceptors (Lipinski definition) is 7. The van der Waals surface area contributed by atoms with Gasteiger partial charge in [-0.3, -0.25) is 9.32 Å². The van der Waals surface area contributed by atoms with Crippen LogP contribution in [0, 0.1) is 0 Å². The number of rotatable bonds is 9. The van der Waals surface area contributed by atoms with Crippen LogP contribution in [0.4, 0.5) is 5.69 Å². The van der Waals surface area contributed by atoms with E-state index < -0.39 is 11.6 Å². The summed E-state index contributed by atoms with van der Waals surface area (Å²) in [6.07, 6.45) is 0.0989. The van der Waals surface area contributed by atoms with Crippen LogP contribution in [0.5, 0.6) is 11.5 Å². The van der Waals surface area contributed by atoms with Crippen LogP contribution in [0.25, 0.3) is 5.69 Å². The fourth-order valence-electron chi connectivity index (χ4n) is 2.67.